The molecule has 0 spiro atoms. The molecule has 114 valence electrons. The topological polar surface area (TPSA) is 30.5 Å². The molecule has 1 rings (SSSR count). The van der Waals surface area contributed by atoms with Gasteiger partial charge in [0.25, 0.3) is 0 Å². The molecular formula is C17H29NO2. The fourth-order valence-electron chi connectivity index (χ4n) is 2.41. The van der Waals surface area contributed by atoms with Crippen LogP contribution < -0.4 is 10.1 Å². The maximum Gasteiger partial charge on any atom is 0.124 e. The molecule has 1 atom stereocenters. The first-order valence-electron chi connectivity index (χ1n) is 7.49. The van der Waals surface area contributed by atoms with Crippen LogP contribution in [0.1, 0.15) is 49.9 Å². The average Bonchev–Trinajstić information content (AvgIpc) is 2.39. The van der Waals surface area contributed by atoms with Crippen molar-refractivity contribution in [2.45, 2.75) is 53.2 Å². The lowest BCUT2D eigenvalue weighted by Crippen LogP contribution is -2.28. The quantitative estimate of drug-likeness (QED) is 0.785. The molecule has 0 aliphatic carbocycles. The van der Waals surface area contributed by atoms with Gasteiger partial charge in [-0.15, -0.1) is 0 Å². The number of hydrogen-bond acceptors (Lipinski definition) is 3. The zero-order chi connectivity index (χ0) is 15.1. The number of rotatable bonds is 8. The Morgan fingerprint density at radius 2 is 1.90 bits per heavy atom. The van der Waals surface area contributed by atoms with E-state index in [1.54, 1.807) is 7.11 Å². The lowest BCUT2D eigenvalue weighted by molar-refractivity contribution is 0.0605. The minimum Gasteiger partial charge on any atom is -0.496 e. The average molecular weight is 279 g/mol. The third-order valence-corrected chi connectivity index (χ3v) is 3.30. The predicted octanol–water partition coefficient (Wildman–Crippen LogP) is 3.78. The fraction of sp³-hybridized carbons (Fsp3) is 0.647. The zero-order valence-electron chi connectivity index (χ0n) is 13.7. The van der Waals surface area contributed by atoms with Gasteiger partial charge in [-0.1, -0.05) is 13.0 Å². The van der Waals surface area contributed by atoms with Gasteiger partial charge in [-0.3, -0.25) is 0 Å². The second-order valence-corrected chi connectivity index (χ2v) is 5.59. The van der Waals surface area contributed by atoms with Crippen molar-refractivity contribution in [1.82, 2.24) is 5.32 Å². The first kappa shape index (κ1) is 17.0. The Balaban J connectivity index is 3.04. The Bertz CT molecular complexity index is 416. The Morgan fingerprint density at radius 1 is 1.20 bits per heavy atom. The van der Waals surface area contributed by atoms with Crippen LogP contribution in [0.5, 0.6) is 5.75 Å². The molecular weight excluding hydrogens is 250 g/mol. The highest BCUT2D eigenvalue weighted by Gasteiger charge is 2.19. The monoisotopic (exact) mass is 279 g/mol. The summed E-state index contributed by atoms with van der Waals surface area (Å²) < 4.78 is 11.4. The van der Waals surface area contributed by atoms with E-state index in [1.165, 1.54) is 16.7 Å². The van der Waals surface area contributed by atoms with Gasteiger partial charge in [0.05, 0.1) is 25.9 Å². The number of ether oxygens (including phenoxy) is 2. The minimum absolute atomic E-state index is 0.174. The molecule has 1 aromatic rings. The number of aryl methyl sites for hydroxylation is 2. The van der Waals surface area contributed by atoms with Crippen molar-refractivity contribution in [3.05, 3.63) is 28.8 Å². The maximum absolute atomic E-state index is 5.82. The lowest BCUT2D eigenvalue weighted by atomic mass is 9.98. The molecule has 3 heteroatoms. The highest BCUT2D eigenvalue weighted by Crippen LogP contribution is 2.30. The van der Waals surface area contributed by atoms with Gasteiger partial charge in [0, 0.05) is 5.56 Å². The molecule has 1 aromatic carbocycles. The van der Waals surface area contributed by atoms with E-state index in [2.05, 4.69) is 52.1 Å². The Morgan fingerprint density at radius 3 is 2.45 bits per heavy atom. The summed E-state index contributed by atoms with van der Waals surface area (Å²) in [6.07, 6.45) is 1.34. The Hall–Kier alpha value is -1.06. The van der Waals surface area contributed by atoms with E-state index in [9.17, 15) is 0 Å². The van der Waals surface area contributed by atoms with E-state index in [4.69, 9.17) is 9.47 Å². The van der Waals surface area contributed by atoms with Crippen LogP contribution in [0.4, 0.5) is 0 Å². The van der Waals surface area contributed by atoms with Crippen molar-refractivity contribution >= 4 is 0 Å². The van der Waals surface area contributed by atoms with E-state index >= 15 is 0 Å². The molecule has 3 nitrogen and oxygen atoms in total. The van der Waals surface area contributed by atoms with Crippen molar-refractivity contribution in [3.8, 4) is 5.75 Å². The summed E-state index contributed by atoms with van der Waals surface area (Å²) in [7, 11) is 1.73. The van der Waals surface area contributed by atoms with E-state index < -0.39 is 0 Å². The van der Waals surface area contributed by atoms with Crippen molar-refractivity contribution in [2.75, 3.05) is 20.3 Å². The molecule has 0 radical (unpaired) electrons. The number of hydrogen-bond donors (Lipinski definition) is 1. The summed E-state index contributed by atoms with van der Waals surface area (Å²) >= 11 is 0. The lowest BCUT2D eigenvalue weighted by Gasteiger charge is -2.24. The second kappa shape index (κ2) is 8.28. The highest BCUT2D eigenvalue weighted by molar-refractivity contribution is 5.45. The molecule has 0 amide bonds. The van der Waals surface area contributed by atoms with Crippen LogP contribution in [0.3, 0.4) is 0 Å². The smallest absolute Gasteiger partial charge is 0.124 e. The van der Waals surface area contributed by atoms with E-state index in [0.717, 1.165) is 18.7 Å². The molecule has 0 aliphatic rings. The van der Waals surface area contributed by atoms with Gasteiger partial charge >= 0.3 is 0 Å². The van der Waals surface area contributed by atoms with Crippen LogP contribution in [-0.2, 0) is 4.74 Å². The maximum atomic E-state index is 5.82. The van der Waals surface area contributed by atoms with Crippen LogP contribution >= 0.6 is 0 Å². The van der Waals surface area contributed by atoms with E-state index in [0.29, 0.717) is 6.61 Å². The normalized spacial score (nSPS) is 12.8. The van der Waals surface area contributed by atoms with Gasteiger partial charge in [0.1, 0.15) is 5.75 Å². The molecule has 0 aromatic heterocycles. The first-order valence-corrected chi connectivity index (χ1v) is 7.49. The largest absolute Gasteiger partial charge is 0.496 e. The molecule has 0 bridgehead atoms. The predicted molar refractivity (Wildman–Crippen MR) is 84.6 cm³/mol. The minimum atomic E-state index is 0.174. The second-order valence-electron chi connectivity index (χ2n) is 5.59. The third kappa shape index (κ3) is 4.80. The molecule has 1 N–H and O–H groups in total. The van der Waals surface area contributed by atoms with Gasteiger partial charge in [0.2, 0.25) is 0 Å². The van der Waals surface area contributed by atoms with Crippen LogP contribution in [-0.4, -0.2) is 26.4 Å². The van der Waals surface area contributed by atoms with Crippen LogP contribution in [0.25, 0.3) is 0 Å². The van der Waals surface area contributed by atoms with Crippen molar-refractivity contribution < 1.29 is 9.47 Å². The molecule has 0 saturated heterocycles. The summed E-state index contributed by atoms with van der Waals surface area (Å²) in [5.74, 6) is 0.948. The van der Waals surface area contributed by atoms with E-state index in [-0.39, 0.29) is 12.1 Å². The fourth-order valence-corrected chi connectivity index (χ4v) is 2.41. The summed E-state index contributed by atoms with van der Waals surface area (Å²) in [5, 5.41) is 3.57. The Labute approximate surface area is 123 Å². The van der Waals surface area contributed by atoms with Crippen molar-refractivity contribution in [1.29, 1.82) is 0 Å². The van der Waals surface area contributed by atoms with Gasteiger partial charge in [0.15, 0.2) is 0 Å². The van der Waals surface area contributed by atoms with E-state index in [1.807, 2.05) is 0 Å². The van der Waals surface area contributed by atoms with Gasteiger partial charge < -0.3 is 14.8 Å². The summed E-state index contributed by atoms with van der Waals surface area (Å²) in [6, 6.07) is 4.47. The summed E-state index contributed by atoms with van der Waals surface area (Å²) in [5.41, 5.74) is 3.69. The molecule has 1 unspecified atom stereocenters. The SMILES string of the molecule is CCCNC(COC(C)C)c1c(C)cc(C)cc1OC. The number of nitrogens with one attached hydrogen (secondary N) is 1. The van der Waals surface area contributed by atoms with Crippen LogP contribution in [0.2, 0.25) is 0 Å². The van der Waals surface area contributed by atoms with Crippen LogP contribution in [0.15, 0.2) is 12.1 Å². The standard InChI is InChI=1S/C17H29NO2/c1-7-8-18-15(11-20-12(2)3)17-14(5)9-13(4)10-16(17)19-6/h9-10,12,15,18H,7-8,11H2,1-6H3. The molecule has 0 saturated carbocycles. The molecule has 0 aliphatic heterocycles. The molecule has 20 heavy (non-hydrogen) atoms. The van der Waals surface area contributed by atoms with Crippen LogP contribution in [0, 0.1) is 13.8 Å². The van der Waals surface area contributed by atoms with Gasteiger partial charge in [-0.2, -0.15) is 0 Å². The number of methoxy groups -OCH3 is 1. The first-order chi connectivity index (χ1) is 9.49. The third-order valence-electron chi connectivity index (χ3n) is 3.30. The zero-order valence-corrected chi connectivity index (χ0v) is 13.7. The molecule has 0 fully saturated rings. The Kier molecular flexibility index (Phi) is 7.03. The van der Waals surface area contributed by atoms with Crippen molar-refractivity contribution in [2.24, 2.45) is 0 Å². The van der Waals surface area contributed by atoms with Crippen molar-refractivity contribution in [3.63, 3.8) is 0 Å². The highest BCUT2D eigenvalue weighted by atomic mass is 16.5. The number of benzene rings is 1. The summed E-state index contributed by atoms with van der Waals surface area (Å²) in [6.45, 7) is 12.2. The molecule has 0 heterocycles. The van der Waals surface area contributed by atoms with Gasteiger partial charge in [-0.05, 0) is 57.9 Å². The summed E-state index contributed by atoms with van der Waals surface area (Å²) in [4.78, 5) is 0. The van der Waals surface area contributed by atoms with Gasteiger partial charge in [-0.25, -0.2) is 0 Å².